The maximum absolute atomic E-state index is 12.8. The first-order chi connectivity index (χ1) is 14.1. The van der Waals surface area contributed by atoms with Gasteiger partial charge in [-0.1, -0.05) is 6.07 Å². The van der Waals surface area contributed by atoms with Gasteiger partial charge in [-0.2, -0.15) is 0 Å². The molecule has 8 heteroatoms. The number of carbonyl (C=O) groups is 2. The summed E-state index contributed by atoms with van der Waals surface area (Å²) in [4.78, 5) is 24.9. The third-order valence-corrected chi connectivity index (χ3v) is 4.07. The van der Waals surface area contributed by atoms with E-state index in [4.69, 9.17) is 18.6 Å². The molecule has 0 spiro atoms. The van der Waals surface area contributed by atoms with Gasteiger partial charge in [0.1, 0.15) is 0 Å². The SMILES string of the molecule is COc1ccc(C(=O)Nc2cccc(NC(=O)c3ccco3)c2)c(OC)c1OC. The molecule has 0 fully saturated rings. The van der Waals surface area contributed by atoms with Gasteiger partial charge in [0.15, 0.2) is 17.3 Å². The molecule has 1 aromatic heterocycles. The summed E-state index contributed by atoms with van der Waals surface area (Å²) in [5.74, 6) is 0.420. The lowest BCUT2D eigenvalue weighted by Crippen LogP contribution is -2.15. The first-order valence-corrected chi connectivity index (χ1v) is 8.62. The molecule has 8 nitrogen and oxygen atoms in total. The minimum atomic E-state index is -0.405. The van der Waals surface area contributed by atoms with Gasteiger partial charge < -0.3 is 29.3 Å². The Balaban J connectivity index is 1.80. The highest BCUT2D eigenvalue weighted by Crippen LogP contribution is 2.40. The third kappa shape index (κ3) is 4.32. The zero-order valence-electron chi connectivity index (χ0n) is 16.1. The topological polar surface area (TPSA) is 99.0 Å². The van der Waals surface area contributed by atoms with Crippen LogP contribution in [0.25, 0.3) is 0 Å². The molecule has 0 saturated heterocycles. The van der Waals surface area contributed by atoms with Crippen LogP contribution in [-0.4, -0.2) is 33.1 Å². The molecular weight excluding hydrogens is 376 g/mol. The van der Waals surface area contributed by atoms with Crippen LogP contribution in [-0.2, 0) is 0 Å². The highest BCUT2D eigenvalue weighted by Gasteiger charge is 2.21. The van der Waals surface area contributed by atoms with Gasteiger partial charge in [-0.25, -0.2) is 0 Å². The Kier molecular flexibility index (Phi) is 6.03. The van der Waals surface area contributed by atoms with Gasteiger partial charge in [0.25, 0.3) is 11.8 Å². The second-order valence-electron chi connectivity index (χ2n) is 5.85. The number of hydrogen-bond donors (Lipinski definition) is 2. The second kappa shape index (κ2) is 8.83. The van der Waals surface area contributed by atoms with Crippen molar-refractivity contribution in [2.75, 3.05) is 32.0 Å². The second-order valence-corrected chi connectivity index (χ2v) is 5.85. The zero-order chi connectivity index (χ0) is 20.8. The monoisotopic (exact) mass is 396 g/mol. The number of anilines is 2. The molecule has 2 N–H and O–H groups in total. The standard InChI is InChI=1S/C21H20N2O6/c1-26-16-10-9-15(18(27-2)19(16)28-3)20(24)22-13-6-4-7-14(12-13)23-21(25)17-8-5-11-29-17/h4-12H,1-3H3,(H,22,24)(H,23,25). The van der Waals surface area contributed by atoms with E-state index in [2.05, 4.69) is 10.6 Å². The Labute approximate surface area is 167 Å². The van der Waals surface area contributed by atoms with Crippen LogP contribution in [0.5, 0.6) is 17.2 Å². The minimum absolute atomic E-state index is 0.189. The maximum atomic E-state index is 12.8. The molecule has 3 aromatic rings. The van der Waals surface area contributed by atoms with Crippen molar-refractivity contribution >= 4 is 23.2 Å². The van der Waals surface area contributed by atoms with Crippen LogP contribution in [0, 0.1) is 0 Å². The van der Waals surface area contributed by atoms with E-state index in [1.165, 1.54) is 27.6 Å². The first kappa shape index (κ1) is 19.8. The van der Waals surface area contributed by atoms with E-state index in [0.29, 0.717) is 22.9 Å². The van der Waals surface area contributed by atoms with Crippen molar-refractivity contribution in [2.45, 2.75) is 0 Å². The number of ether oxygens (including phenoxy) is 3. The van der Waals surface area contributed by atoms with Crippen LogP contribution in [0.15, 0.2) is 59.2 Å². The molecule has 2 amide bonds. The van der Waals surface area contributed by atoms with Gasteiger partial charge in [-0.3, -0.25) is 9.59 Å². The Morgan fingerprint density at radius 3 is 2.07 bits per heavy atom. The van der Waals surface area contributed by atoms with Gasteiger partial charge in [-0.15, -0.1) is 0 Å². The van der Waals surface area contributed by atoms with Crippen LogP contribution in [0.3, 0.4) is 0 Å². The Morgan fingerprint density at radius 1 is 0.793 bits per heavy atom. The average Bonchev–Trinajstić information content (AvgIpc) is 3.27. The summed E-state index contributed by atoms with van der Waals surface area (Å²) in [6.45, 7) is 0. The number of carbonyl (C=O) groups excluding carboxylic acids is 2. The zero-order valence-corrected chi connectivity index (χ0v) is 16.1. The van der Waals surface area contributed by atoms with Crippen molar-refractivity contribution in [1.82, 2.24) is 0 Å². The summed E-state index contributed by atoms with van der Waals surface area (Å²) in [5.41, 5.74) is 1.27. The van der Waals surface area contributed by atoms with Gasteiger partial charge in [0, 0.05) is 11.4 Å². The molecule has 0 unspecified atom stereocenters. The summed E-state index contributed by atoms with van der Waals surface area (Å²) in [5, 5.41) is 5.49. The lowest BCUT2D eigenvalue weighted by molar-refractivity contribution is 0.0994. The number of hydrogen-bond acceptors (Lipinski definition) is 6. The molecule has 0 saturated carbocycles. The van der Waals surface area contributed by atoms with E-state index < -0.39 is 5.91 Å². The predicted octanol–water partition coefficient (Wildman–Crippen LogP) is 3.81. The Hall–Kier alpha value is -3.94. The molecule has 3 rings (SSSR count). The van der Waals surface area contributed by atoms with Crippen molar-refractivity contribution < 1.29 is 28.2 Å². The number of methoxy groups -OCH3 is 3. The average molecular weight is 396 g/mol. The van der Waals surface area contributed by atoms with Gasteiger partial charge in [0.05, 0.1) is 33.2 Å². The molecule has 0 bridgehead atoms. The normalized spacial score (nSPS) is 10.2. The molecule has 150 valence electrons. The summed E-state index contributed by atoms with van der Waals surface area (Å²) < 4.78 is 21.0. The van der Waals surface area contributed by atoms with Crippen molar-refractivity contribution in [1.29, 1.82) is 0 Å². The molecule has 2 aromatic carbocycles. The number of benzene rings is 2. The number of furan rings is 1. The van der Waals surface area contributed by atoms with Crippen LogP contribution in [0.2, 0.25) is 0 Å². The van der Waals surface area contributed by atoms with Crippen LogP contribution < -0.4 is 24.8 Å². The molecule has 29 heavy (non-hydrogen) atoms. The first-order valence-electron chi connectivity index (χ1n) is 8.62. The van der Waals surface area contributed by atoms with E-state index in [9.17, 15) is 9.59 Å². The number of rotatable bonds is 7. The van der Waals surface area contributed by atoms with Gasteiger partial charge in [-0.05, 0) is 42.5 Å². The fraction of sp³-hybridized carbons (Fsp3) is 0.143. The van der Waals surface area contributed by atoms with E-state index in [-0.39, 0.29) is 23.0 Å². The number of nitrogens with one attached hydrogen (secondary N) is 2. The summed E-state index contributed by atoms with van der Waals surface area (Å²) in [6, 6.07) is 13.1. The molecule has 0 aliphatic heterocycles. The van der Waals surface area contributed by atoms with E-state index in [0.717, 1.165) is 0 Å². The fourth-order valence-electron chi connectivity index (χ4n) is 2.75. The minimum Gasteiger partial charge on any atom is -0.493 e. The largest absolute Gasteiger partial charge is 0.493 e. The van der Waals surface area contributed by atoms with E-state index >= 15 is 0 Å². The highest BCUT2D eigenvalue weighted by molar-refractivity contribution is 6.07. The molecule has 0 aliphatic rings. The molecule has 0 aliphatic carbocycles. The Morgan fingerprint density at radius 2 is 1.48 bits per heavy atom. The maximum Gasteiger partial charge on any atom is 0.291 e. The summed E-state index contributed by atoms with van der Waals surface area (Å²) in [6.07, 6.45) is 1.42. The van der Waals surface area contributed by atoms with Crippen molar-refractivity contribution in [3.63, 3.8) is 0 Å². The predicted molar refractivity (Wildman–Crippen MR) is 107 cm³/mol. The van der Waals surface area contributed by atoms with Gasteiger partial charge >= 0.3 is 0 Å². The molecule has 0 atom stereocenters. The van der Waals surface area contributed by atoms with Crippen molar-refractivity contribution in [2.24, 2.45) is 0 Å². The van der Waals surface area contributed by atoms with E-state index in [1.54, 1.807) is 48.5 Å². The van der Waals surface area contributed by atoms with Crippen molar-refractivity contribution in [3.05, 3.63) is 66.1 Å². The Bertz CT molecular complexity index is 1010. The molecule has 1 heterocycles. The lowest BCUT2D eigenvalue weighted by atomic mass is 10.1. The summed E-state index contributed by atoms with van der Waals surface area (Å²) >= 11 is 0. The van der Waals surface area contributed by atoms with E-state index in [1.807, 2.05) is 0 Å². The van der Waals surface area contributed by atoms with Gasteiger partial charge in [0.2, 0.25) is 5.75 Å². The fourth-order valence-corrected chi connectivity index (χ4v) is 2.75. The van der Waals surface area contributed by atoms with Crippen LogP contribution >= 0.6 is 0 Å². The smallest absolute Gasteiger partial charge is 0.291 e. The molecule has 0 radical (unpaired) electrons. The van der Waals surface area contributed by atoms with Crippen LogP contribution in [0.4, 0.5) is 11.4 Å². The van der Waals surface area contributed by atoms with Crippen molar-refractivity contribution in [3.8, 4) is 17.2 Å². The molecular formula is C21H20N2O6. The highest BCUT2D eigenvalue weighted by atomic mass is 16.5. The number of amides is 2. The van der Waals surface area contributed by atoms with Crippen LogP contribution in [0.1, 0.15) is 20.9 Å². The summed E-state index contributed by atoms with van der Waals surface area (Å²) in [7, 11) is 4.41. The lowest BCUT2D eigenvalue weighted by Gasteiger charge is -2.15. The third-order valence-electron chi connectivity index (χ3n) is 4.07. The quantitative estimate of drug-likeness (QED) is 0.630.